The number of pyridine rings is 1. The van der Waals surface area contributed by atoms with E-state index in [-0.39, 0.29) is 5.54 Å². The number of nitrogens with zero attached hydrogens (tertiary/aromatic N) is 2. The average Bonchev–Trinajstić information content (AvgIpc) is 3.07. The van der Waals surface area contributed by atoms with Gasteiger partial charge in [0.2, 0.25) is 0 Å². The largest absolute Gasteiger partial charge is 0.382 e. The summed E-state index contributed by atoms with van der Waals surface area (Å²) < 4.78 is 1.19. The van der Waals surface area contributed by atoms with Crippen LogP contribution in [-0.4, -0.2) is 22.1 Å². The summed E-state index contributed by atoms with van der Waals surface area (Å²) in [5.41, 5.74) is 9.67. The van der Waals surface area contributed by atoms with E-state index < -0.39 is 0 Å². The molecule has 0 unspecified atom stereocenters. The van der Waals surface area contributed by atoms with Gasteiger partial charge in [-0.15, -0.1) is 11.3 Å². The SMILES string of the molecule is CCCCc1nc2c(N)nc3cc(CCCCCNC(C)(C)C)ccc3c2s1. The Labute approximate surface area is 173 Å². The maximum absolute atomic E-state index is 6.23. The average molecular weight is 399 g/mol. The highest BCUT2D eigenvalue weighted by molar-refractivity contribution is 7.19. The van der Waals surface area contributed by atoms with Gasteiger partial charge in [-0.2, -0.15) is 0 Å². The molecule has 0 atom stereocenters. The zero-order valence-electron chi connectivity index (χ0n) is 17.8. The standard InChI is InChI=1S/C23H34N4S/c1-5-6-11-19-27-20-21(28-19)17-13-12-16(15-18(17)26-22(20)24)10-8-7-9-14-25-23(2,3)4/h12-13,15,25H,5-11,14H2,1-4H3,(H2,24,26). The van der Waals surface area contributed by atoms with Gasteiger partial charge in [0, 0.05) is 10.9 Å². The van der Waals surface area contributed by atoms with Crippen LogP contribution >= 0.6 is 11.3 Å². The summed E-state index contributed by atoms with van der Waals surface area (Å²) in [4.78, 5) is 9.40. The van der Waals surface area contributed by atoms with E-state index >= 15 is 0 Å². The molecule has 0 fully saturated rings. The molecule has 152 valence electrons. The summed E-state index contributed by atoms with van der Waals surface area (Å²) in [5, 5.41) is 5.91. The minimum atomic E-state index is 0.211. The number of fused-ring (bicyclic) bond motifs is 3. The Morgan fingerprint density at radius 3 is 2.61 bits per heavy atom. The van der Waals surface area contributed by atoms with Crippen LogP contribution in [-0.2, 0) is 12.8 Å². The van der Waals surface area contributed by atoms with E-state index in [1.165, 1.54) is 52.8 Å². The van der Waals surface area contributed by atoms with Crippen molar-refractivity contribution in [2.45, 2.75) is 78.2 Å². The lowest BCUT2D eigenvalue weighted by molar-refractivity contribution is 0.417. The van der Waals surface area contributed by atoms with Gasteiger partial charge >= 0.3 is 0 Å². The number of nitrogen functional groups attached to an aromatic ring is 1. The van der Waals surface area contributed by atoms with Crippen LogP contribution in [0.2, 0.25) is 0 Å². The summed E-state index contributed by atoms with van der Waals surface area (Å²) >= 11 is 1.78. The van der Waals surface area contributed by atoms with Crippen molar-refractivity contribution in [3.8, 4) is 0 Å². The molecule has 0 saturated carbocycles. The molecule has 0 spiro atoms. The lowest BCUT2D eigenvalue weighted by Gasteiger charge is -2.20. The number of hydrogen-bond acceptors (Lipinski definition) is 5. The molecule has 0 bridgehead atoms. The van der Waals surface area contributed by atoms with Gasteiger partial charge in [-0.3, -0.25) is 0 Å². The summed E-state index contributed by atoms with van der Waals surface area (Å²) in [6.07, 6.45) is 8.13. The molecule has 2 aromatic heterocycles. The topological polar surface area (TPSA) is 63.8 Å². The Bertz CT molecular complexity index is 924. The zero-order chi connectivity index (χ0) is 20.1. The Morgan fingerprint density at radius 1 is 1.04 bits per heavy atom. The molecule has 3 N–H and O–H groups in total. The number of nitrogens with two attached hydrogens (primary N) is 1. The Kier molecular flexibility index (Phi) is 6.89. The van der Waals surface area contributed by atoms with Crippen LogP contribution in [0.4, 0.5) is 5.82 Å². The number of aromatic nitrogens is 2. The molecular formula is C23H34N4S. The third-order valence-electron chi connectivity index (χ3n) is 5.00. The van der Waals surface area contributed by atoms with Crippen LogP contribution in [0.5, 0.6) is 0 Å². The van der Waals surface area contributed by atoms with E-state index in [1.54, 1.807) is 11.3 Å². The molecule has 0 saturated heterocycles. The highest BCUT2D eigenvalue weighted by Gasteiger charge is 2.13. The first-order valence-electron chi connectivity index (χ1n) is 10.6. The van der Waals surface area contributed by atoms with Gasteiger partial charge in [0.15, 0.2) is 5.82 Å². The number of benzene rings is 1. The molecule has 0 aliphatic carbocycles. The third-order valence-corrected chi connectivity index (χ3v) is 6.15. The first-order valence-corrected chi connectivity index (χ1v) is 11.4. The second-order valence-corrected chi connectivity index (χ2v) is 9.81. The summed E-state index contributed by atoms with van der Waals surface area (Å²) in [7, 11) is 0. The minimum absolute atomic E-state index is 0.211. The van der Waals surface area contributed by atoms with Crippen molar-refractivity contribution in [2.75, 3.05) is 12.3 Å². The van der Waals surface area contributed by atoms with Crippen LogP contribution < -0.4 is 11.1 Å². The molecule has 3 rings (SSSR count). The molecule has 0 aliphatic rings. The van der Waals surface area contributed by atoms with Crippen molar-refractivity contribution < 1.29 is 0 Å². The Balaban J connectivity index is 1.67. The number of unbranched alkanes of at least 4 members (excludes halogenated alkanes) is 3. The number of hydrogen-bond donors (Lipinski definition) is 2. The third kappa shape index (κ3) is 5.42. The van der Waals surface area contributed by atoms with Crippen molar-refractivity contribution in [1.82, 2.24) is 15.3 Å². The predicted octanol–water partition coefficient (Wildman–Crippen LogP) is 5.87. The van der Waals surface area contributed by atoms with Crippen LogP contribution in [0.3, 0.4) is 0 Å². The maximum atomic E-state index is 6.23. The second kappa shape index (κ2) is 9.19. The van der Waals surface area contributed by atoms with Crippen molar-refractivity contribution in [3.05, 3.63) is 28.8 Å². The number of thiazole rings is 1. The predicted molar refractivity (Wildman–Crippen MR) is 123 cm³/mol. The van der Waals surface area contributed by atoms with Crippen molar-refractivity contribution in [2.24, 2.45) is 0 Å². The number of anilines is 1. The Morgan fingerprint density at radius 2 is 1.86 bits per heavy atom. The quantitative estimate of drug-likeness (QED) is 0.442. The van der Waals surface area contributed by atoms with Gasteiger partial charge in [0.25, 0.3) is 0 Å². The molecule has 4 nitrogen and oxygen atoms in total. The minimum Gasteiger partial charge on any atom is -0.382 e. The van der Waals surface area contributed by atoms with E-state index in [4.69, 9.17) is 10.7 Å². The fourth-order valence-corrected chi connectivity index (χ4v) is 4.60. The van der Waals surface area contributed by atoms with Crippen LogP contribution in [0.25, 0.3) is 21.1 Å². The highest BCUT2D eigenvalue weighted by Crippen LogP contribution is 2.33. The molecule has 5 heteroatoms. The lowest BCUT2D eigenvalue weighted by Crippen LogP contribution is -2.36. The molecule has 1 aromatic carbocycles. The van der Waals surface area contributed by atoms with Gasteiger partial charge < -0.3 is 11.1 Å². The smallest absolute Gasteiger partial charge is 0.151 e. The van der Waals surface area contributed by atoms with E-state index in [0.29, 0.717) is 5.82 Å². The van der Waals surface area contributed by atoms with Crippen molar-refractivity contribution in [3.63, 3.8) is 0 Å². The van der Waals surface area contributed by atoms with Crippen LogP contribution in [0.1, 0.15) is 70.4 Å². The molecule has 3 aromatic rings. The van der Waals surface area contributed by atoms with Gasteiger partial charge in [-0.05, 0) is 71.0 Å². The van der Waals surface area contributed by atoms with Gasteiger partial charge in [-0.1, -0.05) is 31.9 Å². The lowest BCUT2D eigenvalue weighted by atomic mass is 10.0. The zero-order valence-corrected chi connectivity index (χ0v) is 18.6. The summed E-state index contributed by atoms with van der Waals surface area (Å²) in [5.74, 6) is 0.562. The van der Waals surface area contributed by atoms with Crippen LogP contribution in [0, 0.1) is 0 Å². The van der Waals surface area contributed by atoms with E-state index in [0.717, 1.165) is 30.4 Å². The number of aryl methyl sites for hydroxylation is 2. The first-order chi connectivity index (χ1) is 13.4. The van der Waals surface area contributed by atoms with E-state index in [2.05, 4.69) is 56.2 Å². The maximum Gasteiger partial charge on any atom is 0.151 e. The van der Waals surface area contributed by atoms with Gasteiger partial charge in [0.1, 0.15) is 5.52 Å². The second-order valence-electron chi connectivity index (χ2n) is 8.72. The molecule has 0 radical (unpaired) electrons. The van der Waals surface area contributed by atoms with E-state index in [9.17, 15) is 0 Å². The molecule has 28 heavy (non-hydrogen) atoms. The molecular weight excluding hydrogens is 364 g/mol. The van der Waals surface area contributed by atoms with Crippen molar-refractivity contribution in [1.29, 1.82) is 0 Å². The summed E-state index contributed by atoms with van der Waals surface area (Å²) in [6.45, 7) is 9.94. The highest BCUT2D eigenvalue weighted by atomic mass is 32.1. The molecule has 0 amide bonds. The molecule has 0 aliphatic heterocycles. The van der Waals surface area contributed by atoms with Crippen LogP contribution in [0.15, 0.2) is 18.2 Å². The Hall–Kier alpha value is -1.72. The fraction of sp³-hybridized carbons (Fsp3) is 0.565. The van der Waals surface area contributed by atoms with Crippen molar-refractivity contribution >= 4 is 38.3 Å². The number of rotatable bonds is 9. The first kappa shape index (κ1) is 21.0. The normalized spacial score (nSPS) is 12.3. The summed E-state index contributed by atoms with van der Waals surface area (Å²) in [6, 6.07) is 6.67. The monoisotopic (exact) mass is 398 g/mol. The number of nitrogens with one attached hydrogen (secondary N) is 1. The van der Waals surface area contributed by atoms with Gasteiger partial charge in [0.05, 0.1) is 15.2 Å². The van der Waals surface area contributed by atoms with E-state index in [1.807, 2.05) is 0 Å². The van der Waals surface area contributed by atoms with Gasteiger partial charge in [-0.25, -0.2) is 9.97 Å². The fourth-order valence-electron chi connectivity index (χ4n) is 3.45. The molecule has 2 heterocycles.